The summed E-state index contributed by atoms with van der Waals surface area (Å²) in [5.74, 6) is 0.888. The van der Waals surface area contributed by atoms with Gasteiger partial charge in [0.15, 0.2) is 0 Å². The van der Waals surface area contributed by atoms with Gasteiger partial charge in [-0.2, -0.15) is 0 Å². The molecule has 0 saturated carbocycles. The zero-order valence-corrected chi connectivity index (χ0v) is 9.57. The lowest BCUT2D eigenvalue weighted by atomic mass is 10.3. The monoisotopic (exact) mass is 238 g/mol. The molecule has 0 unspecified atom stereocenters. The first-order valence-electron chi connectivity index (χ1n) is 4.00. The Morgan fingerprint density at radius 3 is 2.79 bits per heavy atom. The first-order valence-corrected chi connectivity index (χ1v) is 5.61. The van der Waals surface area contributed by atoms with Crippen LogP contribution in [-0.4, -0.2) is 35.5 Å². The highest BCUT2D eigenvalue weighted by Gasteiger charge is 2.05. The number of thioether (sulfide) groups is 1. The van der Waals surface area contributed by atoms with E-state index in [1.54, 1.807) is 6.92 Å². The van der Waals surface area contributed by atoms with E-state index in [2.05, 4.69) is 22.7 Å². The van der Waals surface area contributed by atoms with Gasteiger partial charge in [-0.3, -0.25) is 4.79 Å². The molecule has 7 heteroatoms. The zero-order valence-electron chi connectivity index (χ0n) is 7.86. The third-order valence-corrected chi connectivity index (χ3v) is 2.15. The standard InChI is InChI=1S/C7H14N2O3S2/c1-5(8)6(10)9-4-14-3-2-12-7(11)13/h5H,2-4,8H2,1H3,(H,9,10)(H,11,13)/t5-/m0/s1. The molecule has 0 aromatic carbocycles. The van der Waals surface area contributed by atoms with Crippen LogP contribution in [0.1, 0.15) is 6.92 Å². The largest absolute Gasteiger partial charge is 0.457 e. The van der Waals surface area contributed by atoms with E-state index in [-0.39, 0.29) is 5.91 Å². The number of hydrogen-bond donors (Lipinski definition) is 3. The molecular weight excluding hydrogens is 224 g/mol. The second kappa shape index (κ2) is 7.95. The van der Waals surface area contributed by atoms with Crippen molar-refractivity contribution in [3.8, 4) is 0 Å². The Hall–Kier alpha value is -0.400. The molecule has 0 bridgehead atoms. The summed E-state index contributed by atoms with van der Waals surface area (Å²) in [5, 5.41) is 2.02. The molecule has 0 aromatic heterocycles. The summed E-state index contributed by atoms with van der Waals surface area (Å²) in [4.78, 5) is 21.2. The molecule has 0 aliphatic carbocycles. The van der Waals surface area contributed by atoms with Gasteiger partial charge in [0.1, 0.15) is 6.61 Å². The van der Waals surface area contributed by atoms with Gasteiger partial charge < -0.3 is 15.8 Å². The summed E-state index contributed by atoms with van der Waals surface area (Å²) in [6, 6.07) is -0.495. The van der Waals surface area contributed by atoms with Crippen molar-refractivity contribution >= 4 is 35.6 Å². The predicted octanol–water partition coefficient (Wildman–Crippen LogP) is 0.207. The van der Waals surface area contributed by atoms with E-state index >= 15 is 0 Å². The Kier molecular flexibility index (Phi) is 7.73. The maximum absolute atomic E-state index is 10.9. The molecular formula is C7H14N2O3S2. The summed E-state index contributed by atoms with van der Waals surface area (Å²) < 4.78 is 4.56. The lowest BCUT2D eigenvalue weighted by molar-refractivity contribution is -0.121. The number of carbonyl (C=O) groups is 2. The second-order valence-corrected chi connectivity index (χ2v) is 3.97. The molecule has 0 fully saturated rings. The van der Waals surface area contributed by atoms with E-state index in [0.29, 0.717) is 18.2 Å². The summed E-state index contributed by atoms with van der Waals surface area (Å²) in [5.41, 5.74) is 5.32. The van der Waals surface area contributed by atoms with Gasteiger partial charge in [0.25, 0.3) is 0 Å². The molecule has 1 atom stereocenters. The van der Waals surface area contributed by atoms with Crippen molar-refractivity contribution in [2.24, 2.45) is 5.73 Å². The zero-order chi connectivity index (χ0) is 11.0. The number of hydrogen-bond acceptors (Lipinski definition) is 5. The van der Waals surface area contributed by atoms with Crippen LogP contribution >= 0.6 is 24.4 Å². The molecule has 0 spiro atoms. The average Bonchev–Trinajstić information content (AvgIpc) is 2.09. The van der Waals surface area contributed by atoms with E-state index in [4.69, 9.17) is 5.73 Å². The van der Waals surface area contributed by atoms with Gasteiger partial charge in [-0.05, 0) is 6.92 Å². The molecule has 82 valence electrons. The van der Waals surface area contributed by atoms with Gasteiger partial charge in [0, 0.05) is 5.75 Å². The third-order valence-electron chi connectivity index (χ3n) is 1.22. The fraction of sp³-hybridized carbons (Fsp3) is 0.714. The number of rotatable bonds is 6. The lowest BCUT2D eigenvalue weighted by Gasteiger charge is -2.06. The minimum absolute atomic E-state index is 0.191. The van der Waals surface area contributed by atoms with Crippen molar-refractivity contribution in [2.45, 2.75) is 13.0 Å². The van der Waals surface area contributed by atoms with Crippen LogP contribution in [0.15, 0.2) is 0 Å². The molecule has 14 heavy (non-hydrogen) atoms. The van der Waals surface area contributed by atoms with Gasteiger partial charge in [-0.15, -0.1) is 11.8 Å². The van der Waals surface area contributed by atoms with Crippen molar-refractivity contribution in [1.29, 1.82) is 0 Å². The van der Waals surface area contributed by atoms with E-state index in [1.807, 2.05) is 0 Å². The summed E-state index contributed by atoms with van der Waals surface area (Å²) in [6.45, 7) is 1.91. The molecule has 1 amide bonds. The maximum atomic E-state index is 10.9. The van der Waals surface area contributed by atoms with E-state index < -0.39 is 11.3 Å². The fourth-order valence-electron chi connectivity index (χ4n) is 0.543. The minimum atomic E-state index is -0.592. The van der Waals surface area contributed by atoms with Gasteiger partial charge in [-0.1, -0.05) is 12.6 Å². The van der Waals surface area contributed by atoms with Crippen LogP contribution in [0.5, 0.6) is 0 Å². The van der Waals surface area contributed by atoms with E-state index in [9.17, 15) is 9.59 Å². The summed E-state index contributed by atoms with van der Waals surface area (Å²) in [6.07, 6.45) is 0. The van der Waals surface area contributed by atoms with Crippen molar-refractivity contribution in [2.75, 3.05) is 18.2 Å². The summed E-state index contributed by atoms with van der Waals surface area (Å²) in [7, 11) is 0. The number of nitrogens with one attached hydrogen (secondary N) is 1. The predicted molar refractivity (Wildman–Crippen MR) is 59.5 cm³/mol. The third kappa shape index (κ3) is 8.21. The average molecular weight is 238 g/mol. The van der Waals surface area contributed by atoms with Gasteiger partial charge in [-0.25, -0.2) is 4.79 Å². The van der Waals surface area contributed by atoms with Crippen LogP contribution in [0.2, 0.25) is 0 Å². The lowest BCUT2D eigenvalue weighted by Crippen LogP contribution is -2.38. The van der Waals surface area contributed by atoms with Crippen LogP contribution in [0.25, 0.3) is 0 Å². The van der Waals surface area contributed by atoms with Crippen LogP contribution in [0.3, 0.4) is 0 Å². The molecule has 0 heterocycles. The highest BCUT2D eigenvalue weighted by atomic mass is 32.2. The minimum Gasteiger partial charge on any atom is -0.457 e. The molecule has 0 radical (unpaired) electrons. The molecule has 0 aliphatic heterocycles. The number of amides is 1. The molecule has 0 aliphatic rings. The second-order valence-electron chi connectivity index (χ2n) is 2.50. The Morgan fingerprint density at radius 1 is 1.64 bits per heavy atom. The first kappa shape index (κ1) is 13.6. The van der Waals surface area contributed by atoms with Crippen molar-refractivity contribution < 1.29 is 14.3 Å². The highest BCUT2D eigenvalue weighted by Crippen LogP contribution is 1.97. The first-order chi connectivity index (χ1) is 6.54. The van der Waals surface area contributed by atoms with E-state index in [0.717, 1.165) is 0 Å². The quantitative estimate of drug-likeness (QED) is 0.267. The Morgan fingerprint density at radius 2 is 2.29 bits per heavy atom. The number of nitrogens with two attached hydrogens (primary N) is 1. The van der Waals surface area contributed by atoms with Crippen molar-refractivity contribution in [3.05, 3.63) is 0 Å². The Bertz CT molecular complexity index is 199. The van der Waals surface area contributed by atoms with Crippen LogP contribution in [0.4, 0.5) is 4.79 Å². The SMILES string of the molecule is C[C@H](N)C(=O)NCSCCOC(=O)S. The fourth-order valence-corrected chi connectivity index (χ4v) is 1.22. The maximum Gasteiger partial charge on any atom is 0.364 e. The summed E-state index contributed by atoms with van der Waals surface area (Å²) >= 11 is 4.87. The Labute approximate surface area is 92.5 Å². The van der Waals surface area contributed by atoms with Crippen LogP contribution in [0, 0.1) is 0 Å². The van der Waals surface area contributed by atoms with Gasteiger partial charge in [0.05, 0.1) is 11.9 Å². The Balaban J connectivity index is 3.22. The molecule has 3 N–H and O–H groups in total. The number of thiol groups is 1. The van der Waals surface area contributed by atoms with Gasteiger partial charge in [0.2, 0.25) is 5.91 Å². The highest BCUT2D eigenvalue weighted by molar-refractivity contribution is 7.99. The van der Waals surface area contributed by atoms with Crippen molar-refractivity contribution in [3.63, 3.8) is 0 Å². The smallest absolute Gasteiger partial charge is 0.364 e. The normalized spacial score (nSPS) is 11.9. The van der Waals surface area contributed by atoms with Crippen LogP contribution in [-0.2, 0) is 9.53 Å². The van der Waals surface area contributed by atoms with Crippen LogP contribution < -0.4 is 11.1 Å². The number of carbonyl (C=O) groups excluding carboxylic acids is 2. The molecule has 0 rings (SSSR count). The topological polar surface area (TPSA) is 81.4 Å². The molecule has 5 nitrogen and oxygen atoms in total. The van der Waals surface area contributed by atoms with E-state index in [1.165, 1.54) is 11.8 Å². The number of ether oxygens (including phenoxy) is 1. The van der Waals surface area contributed by atoms with Gasteiger partial charge >= 0.3 is 5.30 Å². The molecule has 0 aromatic rings. The van der Waals surface area contributed by atoms with Crippen molar-refractivity contribution in [1.82, 2.24) is 5.32 Å². The molecule has 0 saturated heterocycles.